The minimum Gasteiger partial charge on any atom is -0.369 e. The second-order valence-corrected chi connectivity index (χ2v) is 8.18. The number of primary amides is 1. The molecule has 1 aliphatic heterocycles. The number of carbonyl (C=O) groups is 2. The van der Waals surface area contributed by atoms with Crippen molar-refractivity contribution in [1.29, 1.82) is 0 Å². The molecule has 2 aromatic heterocycles. The molecule has 2 aliphatic rings. The second-order valence-electron chi connectivity index (χ2n) is 8.18. The summed E-state index contributed by atoms with van der Waals surface area (Å²) in [5.74, 6) is 5.10. The summed E-state index contributed by atoms with van der Waals surface area (Å²) in [6.45, 7) is 0.466. The molecule has 0 spiro atoms. The van der Waals surface area contributed by atoms with Crippen LogP contribution in [0.25, 0.3) is 16.7 Å². The van der Waals surface area contributed by atoms with Crippen LogP contribution in [0.1, 0.15) is 46.8 Å². The molecule has 2 fully saturated rings. The van der Waals surface area contributed by atoms with Gasteiger partial charge in [-0.25, -0.2) is 9.67 Å². The van der Waals surface area contributed by atoms with E-state index >= 15 is 0 Å². The zero-order valence-corrected chi connectivity index (χ0v) is 17.0. The fourth-order valence-corrected chi connectivity index (χ4v) is 3.88. The molecule has 3 N–H and O–H groups in total. The van der Waals surface area contributed by atoms with Gasteiger partial charge in [-0.05, 0) is 48.6 Å². The van der Waals surface area contributed by atoms with Gasteiger partial charge in [0.05, 0.1) is 11.1 Å². The van der Waals surface area contributed by atoms with Crippen LogP contribution in [0, 0.1) is 11.8 Å². The molecule has 8 heteroatoms. The smallest absolute Gasteiger partial charge is 0.269 e. The lowest BCUT2D eigenvalue weighted by molar-refractivity contribution is -0.137. The lowest BCUT2D eigenvalue weighted by atomic mass is 10.0. The summed E-state index contributed by atoms with van der Waals surface area (Å²) < 4.78 is 1.57. The summed E-state index contributed by atoms with van der Waals surface area (Å²) in [4.78, 5) is 30.2. The van der Waals surface area contributed by atoms with Crippen molar-refractivity contribution in [2.24, 2.45) is 5.73 Å². The van der Waals surface area contributed by atoms with Gasteiger partial charge >= 0.3 is 0 Å². The molecule has 31 heavy (non-hydrogen) atoms. The zero-order chi connectivity index (χ0) is 21.8. The molecule has 0 bridgehead atoms. The summed E-state index contributed by atoms with van der Waals surface area (Å²) in [7, 11) is 1.64. The predicted molar refractivity (Wildman–Crippen MR) is 113 cm³/mol. The Labute approximate surface area is 178 Å². The molecule has 1 atom stereocenters. The number of carbonyl (C=O) groups excluding carboxylic acids is 2. The highest BCUT2D eigenvalue weighted by Gasteiger charge is 2.42. The molecule has 1 saturated carbocycles. The molecule has 2 amide bonds. The highest BCUT2D eigenvalue weighted by Crippen LogP contribution is 2.40. The SMILES string of the molecule is CN1CCC(O)(C#Cc2cccc(-n3nc(C(N)=O)c4cc(C5CC5)cnc43)c2)C1=O. The molecule has 1 aliphatic carbocycles. The minimum absolute atomic E-state index is 0.176. The number of aliphatic hydroxyl groups is 1. The Bertz CT molecular complexity index is 1300. The molecule has 1 unspecified atom stereocenters. The summed E-state index contributed by atoms with van der Waals surface area (Å²) >= 11 is 0. The van der Waals surface area contributed by atoms with Crippen molar-refractivity contribution >= 4 is 22.8 Å². The fourth-order valence-electron chi connectivity index (χ4n) is 3.88. The molecule has 156 valence electrons. The monoisotopic (exact) mass is 415 g/mol. The van der Waals surface area contributed by atoms with Crippen LogP contribution in [-0.2, 0) is 4.79 Å². The quantitative estimate of drug-likeness (QED) is 0.627. The number of amides is 2. The largest absolute Gasteiger partial charge is 0.369 e. The molecule has 0 radical (unpaired) electrons. The first kappa shape index (κ1) is 19.3. The van der Waals surface area contributed by atoms with Gasteiger partial charge in [0.1, 0.15) is 0 Å². The number of aromatic nitrogens is 3. The first-order valence-electron chi connectivity index (χ1n) is 10.2. The molecular weight excluding hydrogens is 394 g/mol. The Balaban J connectivity index is 1.55. The van der Waals surface area contributed by atoms with E-state index < -0.39 is 17.4 Å². The minimum atomic E-state index is -1.66. The standard InChI is InChI=1S/C23H21N5O3/c1-27-10-9-23(31,22(27)30)8-7-14-3-2-4-17(11-14)28-21-18(19(26-28)20(24)29)12-16(13-25-21)15-5-6-15/h2-4,11-13,15,31H,5-6,9-10H2,1H3,(H2,24,29). The summed E-state index contributed by atoms with van der Waals surface area (Å²) in [6, 6.07) is 9.12. The number of nitrogens with two attached hydrogens (primary N) is 1. The maximum Gasteiger partial charge on any atom is 0.269 e. The van der Waals surface area contributed by atoms with Crippen molar-refractivity contribution in [2.45, 2.75) is 30.8 Å². The number of hydrogen-bond donors (Lipinski definition) is 2. The van der Waals surface area contributed by atoms with Gasteiger partial charge in [-0.15, -0.1) is 0 Å². The van der Waals surface area contributed by atoms with Gasteiger partial charge in [0.2, 0.25) is 5.60 Å². The van der Waals surface area contributed by atoms with Crippen LogP contribution in [0.3, 0.4) is 0 Å². The van der Waals surface area contributed by atoms with Crippen LogP contribution in [0.5, 0.6) is 0 Å². The van der Waals surface area contributed by atoms with Crippen LogP contribution in [0.4, 0.5) is 0 Å². The maximum absolute atomic E-state index is 12.1. The summed E-state index contributed by atoms with van der Waals surface area (Å²) in [5, 5.41) is 15.6. The normalized spacial score (nSPS) is 20.7. The summed E-state index contributed by atoms with van der Waals surface area (Å²) in [6.07, 6.45) is 4.34. The Hall–Kier alpha value is -3.70. The van der Waals surface area contributed by atoms with E-state index in [1.807, 2.05) is 18.3 Å². The highest BCUT2D eigenvalue weighted by atomic mass is 16.3. The van der Waals surface area contributed by atoms with Crippen molar-refractivity contribution in [3.05, 3.63) is 53.3 Å². The van der Waals surface area contributed by atoms with Crippen LogP contribution >= 0.6 is 0 Å². The second kappa shape index (κ2) is 6.93. The van der Waals surface area contributed by atoms with E-state index in [-0.39, 0.29) is 12.1 Å². The van der Waals surface area contributed by atoms with E-state index in [4.69, 9.17) is 5.73 Å². The Morgan fingerprint density at radius 2 is 2.13 bits per heavy atom. The van der Waals surface area contributed by atoms with Crippen molar-refractivity contribution in [2.75, 3.05) is 13.6 Å². The predicted octanol–water partition coefficient (Wildman–Crippen LogP) is 1.34. The third-order valence-corrected chi connectivity index (χ3v) is 5.84. The molecular formula is C23H21N5O3. The van der Waals surface area contributed by atoms with Gasteiger partial charge in [0.15, 0.2) is 11.3 Å². The molecule has 3 aromatic rings. The van der Waals surface area contributed by atoms with Gasteiger partial charge in [0, 0.05) is 31.8 Å². The van der Waals surface area contributed by atoms with E-state index in [1.54, 1.807) is 29.9 Å². The average Bonchev–Trinajstić information content (AvgIpc) is 3.50. The maximum atomic E-state index is 12.1. The fraction of sp³-hybridized carbons (Fsp3) is 0.304. The van der Waals surface area contributed by atoms with Crippen molar-refractivity contribution in [1.82, 2.24) is 19.7 Å². The Morgan fingerprint density at radius 1 is 1.32 bits per heavy atom. The molecule has 1 saturated heterocycles. The van der Waals surface area contributed by atoms with Crippen molar-refractivity contribution < 1.29 is 14.7 Å². The van der Waals surface area contributed by atoms with E-state index in [0.29, 0.717) is 34.7 Å². The van der Waals surface area contributed by atoms with Gasteiger partial charge in [-0.3, -0.25) is 9.59 Å². The third-order valence-electron chi connectivity index (χ3n) is 5.84. The highest BCUT2D eigenvalue weighted by molar-refractivity contribution is 6.03. The first-order valence-corrected chi connectivity index (χ1v) is 10.2. The Morgan fingerprint density at radius 3 is 2.81 bits per heavy atom. The lowest BCUT2D eigenvalue weighted by Crippen LogP contribution is -2.37. The topological polar surface area (TPSA) is 114 Å². The first-order chi connectivity index (χ1) is 14.9. The van der Waals surface area contributed by atoms with Crippen molar-refractivity contribution in [3.63, 3.8) is 0 Å². The van der Waals surface area contributed by atoms with E-state index in [2.05, 4.69) is 21.9 Å². The van der Waals surface area contributed by atoms with E-state index in [1.165, 1.54) is 4.90 Å². The molecule has 8 nitrogen and oxygen atoms in total. The number of pyridine rings is 1. The zero-order valence-electron chi connectivity index (χ0n) is 17.0. The Kier molecular flexibility index (Phi) is 4.31. The third kappa shape index (κ3) is 3.33. The molecule has 1 aromatic carbocycles. The van der Waals surface area contributed by atoms with E-state index in [9.17, 15) is 14.7 Å². The number of fused-ring (bicyclic) bond motifs is 1. The van der Waals surface area contributed by atoms with Gasteiger partial charge in [-0.1, -0.05) is 17.9 Å². The average molecular weight is 415 g/mol. The van der Waals surface area contributed by atoms with Crippen LogP contribution in [-0.4, -0.2) is 55.8 Å². The summed E-state index contributed by atoms with van der Waals surface area (Å²) in [5.41, 5.74) is 6.97. The number of hydrogen-bond acceptors (Lipinski definition) is 5. The van der Waals surface area contributed by atoms with Crippen molar-refractivity contribution in [3.8, 4) is 17.5 Å². The number of likely N-dealkylation sites (N-methyl/N-ethyl adjacent to an activating group) is 1. The molecule has 5 rings (SSSR count). The van der Waals surface area contributed by atoms with Gasteiger partial charge in [0.25, 0.3) is 11.8 Å². The van der Waals surface area contributed by atoms with Crippen LogP contribution in [0.2, 0.25) is 0 Å². The number of rotatable bonds is 3. The van der Waals surface area contributed by atoms with Gasteiger partial charge in [-0.2, -0.15) is 5.10 Å². The van der Waals surface area contributed by atoms with Crippen LogP contribution in [0.15, 0.2) is 36.5 Å². The number of nitrogens with zero attached hydrogens (tertiary/aromatic N) is 4. The van der Waals surface area contributed by atoms with E-state index in [0.717, 1.165) is 18.4 Å². The lowest BCUT2D eigenvalue weighted by Gasteiger charge is -2.13. The number of benzene rings is 1. The van der Waals surface area contributed by atoms with Crippen LogP contribution < -0.4 is 5.73 Å². The molecule has 3 heterocycles. The van der Waals surface area contributed by atoms with Gasteiger partial charge < -0.3 is 15.7 Å². The number of likely N-dealkylation sites (tertiary alicyclic amines) is 1.